The summed E-state index contributed by atoms with van der Waals surface area (Å²) in [5.74, 6) is 0. The lowest BCUT2D eigenvalue weighted by Gasteiger charge is -2.41. The molecule has 0 spiro atoms. The molecule has 25 heavy (non-hydrogen) atoms. The van der Waals surface area contributed by atoms with Crippen molar-refractivity contribution in [1.82, 2.24) is 9.80 Å². The minimum absolute atomic E-state index is 0.202. The highest BCUT2D eigenvalue weighted by atomic mass is 16.5. The van der Waals surface area contributed by atoms with Gasteiger partial charge in [-0.25, -0.2) is 0 Å². The van der Waals surface area contributed by atoms with Crippen LogP contribution in [0, 0.1) is 0 Å². The lowest BCUT2D eigenvalue weighted by Crippen LogP contribution is -2.55. The highest BCUT2D eigenvalue weighted by molar-refractivity contribution is 5.15. The fourth-order valence-electron chi connectivity index (χ4n) is 3.41. The van der Waals surface area contributed by atoms with Crippen LogP contribution in [0.25, 0.3) is 0 Å². The molecule has 1 N–H and O–H groups in total. The molecule has 2 aromatic rings. The largest absolute Gasteiger partial charge is 0.395 e. The van der Waals surface area contributed by atoms with E-state index in [1.54, 1.807) is 0 Å². The van der Waals surface area contributed by atoms with Gasteiger partial charge in [0.05, 0.1) is 19.8 Å². The van der Waals surface area contributed by atoms with E-state index in [0.29, 0.717) is 19.3 Å². The molecule has 2 aromatic carbocycles. The topological polar surface area (TPSA) is 35.9 Å². The second-order valence-corrected chi connectivity index (χ2v) is 6.63. The third-order valence-corrected chi connectivity index (χ3v) is 4.75. The predicted octanol–water partition coefficient (Wildman–Crippen LogP) is 2.38. The highest BCUT2D eigenvalue weighted by Crippen LogP contribution is 2.14. The minimum Gasteiger partial charge on any atom is -0.395 e. The Balaban J connectivity index is 1.53. The zero-order chi connectivity index (χ0) is 17.3. The molecule has 0 saturated carbocycles. The summed E-state index contributed by atoms with van der Waals surface area (Å²) in [5.41, 5.74) is 2.55. The lowest BCUT2D eigenvalue weighted by molar-refractivity contribution is -0.00403. The van der Waals surface area contributed by atoms with Crippen LogP contribution in [0.3, 0.4) is 0 Å². The molecular formula is C21H28N2O2. The van der Waals surface area contributed by atoms with Gasteiger partial charge in [0.15, 0.2) is 0 Å². The summed E-state index contributed by atoms with van der Waals surface area (Å²) in [6.45, 7) is 6.22. The van der Waals surface area contributed by atoms with Gasteiger partial charge in [0.1, 0.15) is 0 Å². The van der Waals surface area contributed by atoms with Crippen LogP contribution >= 0.6 is 0 Å². The average molecular weight is 340 g/mol. The smallest absolute Gasteiger partial charge is 0.0717 e. The van der Waals surface area contributed by atoms with Crippen LogP contribution in [0.1, 0.15) is 11.1 Å². The van der Waals surface area contributed by atoms with Crippen molar-refractivity contribution >= 4 is 0 Å². The minimum atomic E-state index is 0.202. The van der Waals surface area contributed by atoms with Gasteiger partial charge in [-0.15, -0.1) is 0 Å². The van der Waals surface area contributed by atoms with E-state index in [4.69, 9.17) is 4.74 Å². The SMILES string of the molecule is OCCN1CCN(Cc2ccccc2)C[C@@H]1COCc1ccccc1. The van der Waals surface area contributed by atoms with Gasteiger partial charge in [0.25, 0.3) is 0 Å². The molecule has 1 atom stereocenters. The summed E-state index contributed by atoms with van der Waals surface area (Å²) in [4.78, 5) is 4.84. The molecule has 4 nitrogen and oxygen atoms in total. The van der Waals surface area contributed by atoms with Crippen molar-refractivity contribution in [3.8, 4) is 0 Å². The standard InChI is InChI=1S/C21H28N2O2/c24-14-13-23-12-11-22(15-19-7-3-1-4-8-19)16-21(23)18-25-17-20-9-5-2-6-10-20/h1-10,21,24H,11-18H2/t21-/m1/s1. The van der Waals surface area contributed by atoms with Crippen LogP contribution in [-0.4, -0.2) is 60.3 Å². The first-order chi connectivity index (χ1) is 12.3. The third kappa shape index (κ3) is 5.65. The van der Waals surface area contributed by atoms with Crippen LogP contribution in [0.2, 0.25) is 0 Å². The molecule has 1 aliphatic rings. The Morgan fingerprint density at radius 2 is 1.60 bits per heavy atom. The molecular weight excluding hydrogens is 312 g/mol. The van der Waals surface area contributed by atoms with Crippen molar-refractivity contribution in [3.63, 3.8) is 0 Å². The number of β-amino-alcohol motifs (C(OH)–C–C–N with tert-alkyl or cyclic N) is 1. The van der Waals surface area contributed by atoms with E-state index in [1.165, 1.54) is 11.1 Å². The molecule has 1 heterocycles. The normalized spacial score (nSPS) is 19.2. The first-order valence-electron chi connectivity index (χ1n) is 9.08. The van der Waals surface area contributed by atoms with Crippen LogP contribution in [-0.2, 0) is 17.9 Å². The molecule has 0 aromatic heterocycles. The van der Waals surface area contributed by atoms with Crippen molar-refractivity contribution in [2.45, 2.75) is 19.2 Å². The fraction of sp³-hybridized carbons (Fsp3) is 0.429. The van der Waals surface area contributed by atoms with Crippen molar-refractivity contribution < 1.29 is 9.84 Å². The second-order valence-electron chi connectivity index (χ2n) is 6.63. The maximum atomic E-state index is 9.34. The molecule has 134 valence electrons. The molecule has 0 unspecified atom stereocenters. The molecule has 4 heteroatoms. The summed E-state index contributed by atoms with van der Waals surface area (Å²) in [5, 5.41) is 9.34. The summed E-state index contributed by atoms with van der Waals surface area (Å²) in [7, 11) is 0. The predicted molar refractivity (Wildman–Crippen MR) is 100 cm³/mol. The number of aliphatic hydroxyl groups is 1. The van der Waals surface area contributed by atoms with Crippen molar-refractivity contribution in [3.05, 3.63) is 71.8 Å². The van der Waals surface area contributed by atoms with Gasteiger partial charge in [-0.3, -0.25) is 9.80 Å². The van der Waals surface area contributed by atoms with E-state index in [0.717, 1.165) is 32.7 Å². The van der Waals surface area contributed by atoms with Gasteiger partial charge >= 0.3 is 0 Å². The summed E-state index contributed by atoms with van der Waals surface area (Å²) >= 11 is 0. The molecule has 1 fully saturated rings. The monoisotopic (exact) mass is 340 g/mol. The quantitative estimate of drug-likeness (QED) is 0.800. The van der Waals surface area contributed by atoms with Crippen LogP contribution in [0.4, 0.5) is 0 Å². The third-order valence-electron chi connectivity index (χ3n) is 4.75. The maximum absolute atomic E-state index is 9.34. The van der Waals surface area contributed by atoms with Crippen LogP contribution < -0.4 is 0 Å². The molecule has 0 amide bonds. The Hall–Kier alpha value is -1.72. The average Bonchev–Trinajstić information content (AvgIpc) is 2.66. The number of nitrogens with zero attached hydrogens (tertiary/aromatic N) is 2. The van der Waals surface area contributed by atoms with Crippen LogP contribution in [0.15, 0.2) is 60.7 Å². The van der Waals surface area contributed by atoms with Crippen molar-refractivity contribution in [1.29, 1.82) is 0 Å². The summed E-state index contributed by atoms with van der Waals surface area (Å²) in [6, 6.07) is 21.2. The van der Waals surface area contributed by atoms with Crippen LogP contribution in [0.5, 0.6) is 0 Å². The Morgan fingerprint density at radius 3 is 2.28 bits per heavy atom. The molecule has 1 saturated heterocycles. The number of rotatable bonds is 8. The Kier molecular flexibility index (Phi) is 7.00. The van der Waals surface area contributed by atoms with E-state index in [1.807, 2.05) is 18.2 Å². The molecule has 0 radical (unpaired) electrons. The van der Waals surface area contributed by atoms with E-state index < -0.39 is 0 Å². The van der Waals surface area contributed by atoms with E-state index in [-0.39, 0.29) is 6.61 Å². The maximum Gasteiger partial charge on any atom is 0.0717 e. The number of aliphatic hydroxyl groups excluding tert-OH is 1. The summed E-state index contributed by atoms with van der Waals surface area (Å²) < 4.78 is 5.98. The fourth-order valence-corrected chi connectivity index (χ4v) is 3.41. The first-order valence-corrected chi connectivity index (χ1v) is 9.08. The van der Waals surface area contributed by atoms with Gasteiger partial charge in [-0.2, -0.15) is 0 Å². The van der Waals surface area contributed by atoms with Gasteiger partial charge in [0.2, 0.25) is 0 Å². The van der Waals surface area contributed by atoms with Gasteiger partial charge in [-0.1, -0.05) is 60.7 Å². The number of ether oxygens (including phenoxy) is 1. The Morgan fingerprint density at radius 1 is 0.920 bits per heavy atom. The summed E-state index contributed by atoms with van der Waals surface area (Å²) in [6.07, 6.45) is 0. The zero-order valence-electron chi connectivity index (χ0n) is 14.8. The molecule has 0 aliphatic carbocycles. The van der Waals surface area contributed by atoms with Gasteiger partial charge in [-0.05, 0) is 11.1 Å². The lowest BCUT2D eigenvalue weighted by atomic mass is 10.1. The molecule has 0 bridgehead atoms. The Labute approximate surface area is 150 Å². The van der Waals surface area contributed by atoms with Crippen molar-refractivity contribution in [2.75, 3.05) is 39.4 Å². The first kappa shape index (κ1) is 18.1. The number of piperazine rings is 1. The van der Waals surface area contributed by atoms with Crippen molar-refractivity contribution in [2.24, 2.45) is 0 Å². The number of hydrogen-bond acceptors (Lipinski definition) is 4. The zero-order valence-corrected chi connectivity index (χ0v) is 14.8. The van der Waals surface area contributed by atoms with Gasteiger partial charge in [0, 0.05) is 38.8 Å². The molecule has 1 aliphatic heterocycles. The molecule has 3 rings (SSSR count). The second kappa shape index (κ2) is 9.68. The van der Waals surface area contributed by atoms with Gasteiger partial charge < -0.3 is 9.84 Å². The van der Waals surface area contributed by atoms with E-state index in [9.17, 15) is 5.11 Å². The highest BCUT2D eigenvalue weighted by Gasteiger charge is 2.26. The van der Waals surface area contributed by atoms with E-state index >= 15 is 0 Å². The number of hydrogen-bond donors (Lipinski definition) is 1. The Bertz CT molecular complexity index is 606. The van der Waals surface area contributed by atoms with E-state index in [2.05, 4.69) is 52.3 Å². The number of benzene rings is 2.